The number of aromatic nitrogens is 2. The van der Waals surface area contributed by atoms with Gasteiger partial charge in [-0.1, -0.05) is 42.8 Å². The standard InChI is InChI=1S/C22H24ClN3O3/c1-3-10-29-21-19(23)11-18(12-20(21)28-2)22(27)25-13-16-4-6-17(7-5-16)14-26-9-8-24-15-26/h4-9,11-12,15H,3,10,13-14H2,1-2H3,(H,25,27). The Hall–Kier alpha value is -2.99. The van der Waals surface area contributed by atoms with E-state index in [4.69, 9.17) is 21.1 Å². The van der Waals surface area contributed by atoms with Crippen LogP contribution in [0.3, 0.4) is 0 Å². The number of imidazole rings is 1. The van der Waals surface area contributed by atoms with E-state index in [-0.39, 0.29) is 5.91 Å². The molecule has 3 rings (SSSR count). The molecule has 0 fully saturated rings. The lowest BCUT2D eigenvalue weighted by Crippen LogP contribution is -2.23. The molecule has 0 saturated carbocycles. The van der Waals surface area contributed by atoms with E-state index in [0.29, 0.717) is 35.2 Å². The first-order valence-electron chi connectivity index (χ1n) is 9.42. The number of rotatable bonds is 9. The Morgan fingerprint density at radius 2 is 1.97 bits per heavy atom. The quantitative estimate of drug-likeness (QED) is 0.567. The van der Waals surface area contributed by atoms with Crippen LogP contribution in [0.5, 0.6) is 11.5 Å². The number of halogens is 1. The van der Waals surface area contributed by atoms with Crippen LogP contribution < -0.4 is 14.8 Å². The Kier molecular flexibility index (Phi) is 7.14. The molecule has 29 heavy (non-hydrogen) atoms. The van der Waals surface area contributed by atoms with E-state index in [1.807, 2.05) is 42.0 Å². The molecule has 0 radical (unpaired) electrons. The third-order valence-corrected chi connectivity index (χ3v) is 4.62. The number of benzene rings is 2. The minimum Gasteiger partial charge on any atom is -0.493 e. The predicted molar refractivity (Wildman–Crippen MR) is 113 cm³/mol. The summed E-state index contributed by atoms with van der Waals surface area (Å²) in [6.45, 7) is 3.71. The number of carbonyl (C=O) groups excluding carboxylic acids is 1. The third-order valence-electron chi connectivity index (χ3n) is 4.34. The zero-order valence-corrected chi connectivity index (χ0v) is 17.3. The minimum atomic E-state index is -0.227. The molecule has 0 aliphatic rings. The van der Waals surface area contributed by atoms with E-state index in [0.717, 1.165) is 24.1 Å². The smallest absolute Gasteiger partial charge is 0.251 e. The Morgan fingerprint density at radius 3 is 2.62 bits per heavy atom. The Morgan fingerprint density at radius 1 is 1.21 bits per heavy atom. The van der Waals surface area contributed by atoms with Crippen molar-refractivity contribution in [2.75, 3.05) is 13.7 Å². The zero-order chi connectivity index (χ0) is 20.6. The molecular weight excluding hydrogens is 390 g/mol. The first-order chi connectivity index (χ1) is 14.1. The van der Waals surface area contributed by atoms with Gasteiger partial charge in [-0.15, -0.1) is 0 Å². The molecule has 0 aliphatic heterocycles. The number of ether oxygens (including phenoxy) is 2. The average Bonchev–Trinajstić information content (AvgIpc) is 3.24. The largest absolute Gasteiger partial charge is 0.493 e. The number of nitrogens with zero attached hydrogens (tertiary/aromatic N) is 2. The van der Waals surface area contributed by atoms with Crippen molar-refractivity contribution in [1.82, 2.24) is 14.9 Å². The Labute approximate surface area is 175 Å². The fourth-order valence-corrected chi connectivity index (χ4v) is 3.10. The highest BCUT2D eigenvalue weighted by atomic mass is 35.5. The maximum Gasteiger partial charge on any atom is 0.251 e. The van der Waals surface area contributed by atoms with Crippen molar-refractivity contribution >= 4 is 17.5 Å². The lowest BCUT2D eigenvalue weighted by molar-refractivity contribution is 0.0950. The van der Waals surface area contributed by atoms with Crippen molar-refractivity contribution < 1.29 is 14.3 Å². The van der Waals surface area contributed by atoms with Crippen molar-refractivity contribution in [3.05, 3.63) is 76.8 Å². The number of carbonyl (C=O) groups is 1. The van der Waals surface area contributed by atoms with Crippen LogP contribution in [0.1, 0.15) is 34.8 Å². The first-order valence-corrected chi connectivity index (χ1v) is 9.80. The van der Waals surface area contributed by atoms with Crippen LogP contribution in [0.15, 0.2) is 55.1 Å². The highest BCUT2D eigenvalue weighted by Crippen LogP contribution is 2.36. The van der Waals surface area contributed by atoms with E-state index < -0.39 is 0 Å². The van der Waals surface area contributed by atoms with Gasteiger partial charge < -0.3 is 19.4 Å². The molecule has 1 heterocycles. The summed E-state index contributed by atoms with van der Waals surface area (Å²) in [5.41, 5.74) is 2.60. The van der Waals surface area contributed by atoms with Crippen LogP contribution in [0, 0.1) is 0 Å². The summed E-state index contributed by atoms with van der Waals surface area (Å²) in [5.74, 6) is 0.677. The van der Waals surface area contributed by atoms with E-state index >= 15 is 0 Å². The fraction of sp³-hybridized carbons (Fsp3) is 0.273. The maximum absolute atomic E-state index is 12.6. The van der Waals surface area contributed by atoms with Crippen molar-refractivity contribution in [2.24, 2.45) is 0 Å². The van der Waals surface area contributed by atoms with Crippen LogP contribution in [0.25, 0.3) is 0 Å². The zero-order valence-electron chi connectivity index (χ0n) is 16.5. The topological polar surface area (TPSA) is 65.4 Å². The molecule has 152 valence electrons. The van der Waals surface area contributed by atoms with Gasteiger partial charge in [-0.25, -0.2) is 4.98 Å². The Balaban J connectivity index is 1.62. The number of amides is 1. The van der Waals surface area contributed by atoms with Gasteiger partial charge in [-0.3, -0.25) is 4.79 Å². The van der Waals surface area contributed by atoms with Crippen LogP contribution >= 0.6 is 11.6 Å². The van der Waals surface area contributed by atoms with Crippen LogP contribution in [-0.2, 0) is 13.1 Å². The molecule has 0 unspecified atom stereocenters. The van der Waals surface area contributed by atoms with E-state index in [1.165, 1.54) is 7.11 Å². The fourth-order valence-electron chi connectivity index (χ4n) is 2.83. The summed E-state index contributed by atoms with van der Waals surface area (Å²) in [4.78, 5) is 16.6. The van der Waals surface area contributed by atoms with Crippen LogP contribution in [0.4, 0.5) is 0 Å². The summed E-state index contributed by atoms with van der Waals surface area (Å²) < 4.78 is 13.0. The average molecular weight is 414 g/mol. The predicted octanol–water partition coefficient (Wildman–Crippen LogP) is 4.31. The second kappa shape index (κ2) is 9.98. The van der Waals surface area contributed by atoms with E-state index in [9.17, 15) is 4.79 Å². The van der Waals surface area contributed by atoms with Gasteiger partial charge in [0.15, 0.2) is 11.5 Å². The monoisotopic (exact) mass is 413 g/mol. The summed E-state index contributed by atoms with van der Waals surface area (Å²) >= 11 is 6.29. The van der Waals surface area contributed by atoms with Gasteiger partial charge in [0.2, 0.25) is 0 Å². The van der Waals surface area contributed by atoms with Gasteiger partial charge in [0.1, 0.15) is 0 Å². The molecule has 0 aliphatic carbocycles. The maximum atomic E-state index is 12.6. The second-order valence-electron chi connectivity index (χ2n) is 6.57. The van der Waals surface area contributed by atoms with Crippen molar-refractivity contribution in [3.8, 4) is 11.5 Å². The van der Waals surface area contributed by atoms with Crippen molar-refractivity contribution in [1.29, 1.82) is 0 Å². The van der Waals surface area contributed by atoms with Crippen LogP contribution in [-0.4, -0.2) is 29.2 Å². The molecule has 0 saturated heterocycles. The molecular formula is C22H24ClN3O3. The minimum absolute atomic E-state index is 0.227. The van der Waals surface area contributed by atoms with Gasteiger partial charge in [-0.2, -0.15) is 0 Å². The molecule has 1 amide bonds. The lowest BCUT2D eigenvalue weighted by atomic mass is 10.1. The summed E-state index contributed by atoms with van der Waals surface area (Å²) in [6, 6.07) is 11.3. The molecule has 1 aromatic heterocycles. The molecule has 2 aromatic carbocycles. The van der Waals surface area contributed by atoms with Gasteiger partial charge in [0.05, 0.1) is 25.1 Å². The number of nitrogens with one attached hydrogen (secondary N) is 1. The molecule has 0 atom stereocenters. The normalized spacial score (nSPS) is 10.6. The van der Waals surface area contributed by atoms with Crippen LogP contribution in [0.2, 0.25) is 5.02 Å². The highest BCUT2D eigenvalue weighted by Gasteiger charge is 2.15. The highest BCUT2D eigenvalue weighted by molar-refractivity contribution is 6.32. The first kappa shape index (κ1) is 20.7. The summed E-state index contributed by atoms with van der Waals surface area (Å²) in [6.07, 6.45) is 6.31. The van der Waals surface area contributed by atoms with Gasteiger partial charge in [0.25, 0.3) is 5.91 Å². The number of hydrogen-bond acceptors (Lipinski definition) is 4. The van der Waals surface area contributed by atoms with Gasteiger partial charge >= 0.3 is 0 Å². The lowest BCUT2D eigenvalue weighted by Gasteiger charge is -2.14. The van der Waals surface area contributed by atoms with Gasteiger partial charge in [-0.05, 0) is 29.7 Å². The van der Waals surface area contributed by atoms with E-state index in [1.54, 1.807) is 24.7 Å². The van der Waals surface area contributed by atoms with Crippen molar-refractivity contribution in [2.45, 2.75) is 26.4 Å². The van der Waals surface area contributed by atoms with Gasteiger partial charge in [0, 0.05) is 31.0 Å². The van der Waals surface area contributed by atoms with Crippen molar-refractivity contribution in [3.63, 3.8) is 0 Å². The third kappa shape index (κ3) is 5.51. The summed E-state index contributed by atoms with van der Waals surface area (Å²) in [7, 11) is 1.53. The Bertz CT molecular complexity index is 941. The summed E-state index contributed by atoms with van der Waals surface area (Å²) in [5, 5.41) is 3.27. The molecule has 0 spiro atoms. The SMILES string of the molecule is CCCOc1c(Cl)cc(C(=O)NCc2ccc(Cn3ccnc3)cc2)cc1OC. The number of methoxy groups -OCH3 is 1. The molecule has 6 nitrogen and oxygen atoms in total. The molecule has 7 heteroatoms. The number of hydrogen-bond donors (Lipinski definition) is 1. The molecule has 3 aromatic rings. The molecule has 0 bridgehead atoms. The molecule has 1 N–H and O–H groups in total. The van der Waals surface area contributed by atoms with E-state index in [2.05, 4.69) is 10.3 Å². The second-order valence-corrected chi connectivity index (χ2v) is 6.98.